The summed E-state index contributed by atoms with van der Waals surface area (Å²) in [5.74, 6) is 0.858. The van der Waals surface area contributed by atoms with Crippen molar-refractivity contribution in [2.45, 2.75) is 20.8 Å². The molecule has 1 amide bonds. The van der Waals surface area contributed by atoms with Gasteiger partial charge in [0.2, 0.25) is 5.91 Å². The summed E-state index contributed by atoms with van der Waals surface area (Å²) in [5, 5.41) is 4.75. The fraction of sp³-hybridized carbons (Fsp3) is 0.154. The van der Waals surface area contributed by atoms with Gasteiger partial charge in [-0.3, -0.25) is 4.79 Å². The van der Waals surface area contributed by atoms with Gasteiger partial charge in [0.1, 0.15) is 17.2 Å². The number of anilines is 1. The lowest BCUT2D eigenvalue weighted by Crippen LogP contribution is -2.10. The number of rotatable bonds is 5. The van der Waals surface area contributed by atoms with Crippen molar-refractivity contribution in [1.82, 2.24) is 4.98 Å². The third-order valence-corrected chi connectivity index (χ3v) is 5.96. The van der Waals surface area contributed by atoms with Crippen molar-refractivity contribution in [2.75, 3.05) is 12.4 Å². The smallest absolute Gasteiger partial charge is 0.249 e. The Kier molecular flexibility index (Phi) is 6.45. The van der Waals surface area contributed by atoms with Crippen LogP contribution in [-0.2, 0) is 4.79 Å². The number of pyridine rings is 1. The van der Waals surface area contributed by atoms with Gasteiger partial charge < -0.3 is 14.5 Å². The number of aryl methyl sites for hydroxylation is 2. The number of ether oxygens (including phenoxy) is 1. The van der Waals surface area contributed by atoms with Crippen LogP contribution in [0, 0.1) is 13.8 Å². The molecule has 5 nitrogen and oxygen atoms in total. The first-order valence-electron chi connectivity index (χ1n) is 10.2. The second kappa shape index (κ2) is 9.30. The highest BCUT2D eigenvalue weighted by molar-refractivity contribution is 6.36. The number of nitrogens with zero attached hydrogens (tertiary/aromatic N) is 1. The SMILES string of the molecule is COc1c(/C(C)=C/C(=O)Nc2cc(C)ccn2)cc2c(-c3ccc(Cl)cc3Cl)coc2c1C. The minimum atomic E-state index is -0.279. The fourth-order valence-corrected chi connectivity index (χ4v) is 4.34. The fourth-order valence-electron chi connectivity index (χ4n) is 3.83. The van der Waals surface area contributed by atoms with Crippen LogP contribution in [0.5, 0.6) is 5.75 Å². The first-order valence-corrected chi connectivity index (χ1v) is 11.0. The van der Waals surface area contributed by atoms with Crippen molar-refractivity contribution >= 4 is 51.5 Å². The van der Waals surface area contributed by atoms with Crippen molar-refractivity contribution in [2.24, 2.45) is 0 Å². The van der Waals surface area contributed by atoms with Crippen LogP contribution in [-0.4, -0.2) is 18.0 Å². The van der Waals surface area contributed by atoms with Gasteiger partial charge in [0.05, 0.1) is 18.4 Å². The molecule has 0 unspecified atom stereocenters. The number of carbonyl (C=O) groups is 1. The monoisotopic (exact) mass is 480 g/mol. The third-order valence-electron chi connectivity index (χ3n) is 5.41. The molecule has 0 aliphatic rings. The Morgan fingerprint density at radius 3 is 2.61 bits per heavy atom. The van der Waals surface area contributed by atoms with E-state index in [0.29, 0.717) is 27.2 Å². The van der Waals surface area contributed by atoms with E-state index in [0.717, 1.165) is 38.8 Å². The predicted octanol–water partition coefficient (Wildman–Crippen LogP) is 7.47. The molecule has 0 atom stereocenters. The summed E-state index contributed by atoms with van der Waals surface area (Å²) in [6.45, 7) is 5.73. The maximum Gasteiger partial charge on any atom is 0.249 e. The van der Waals surface area contributed by atoms with E-state index in [1.807, 2.05) is 45.0 Å². The summed E-state index contributed by atoms with van der Waals surface area (Å²) in [6, 6.07) is 11.0. The molecule has 2 aromatic carbocycles. The van der Waals surface area contributed by atoms with Crippen molar-refractivity contribution < 1.29 is 13.9 Å². The zero-order chi connectivity index (χ0) is 23.7. The van der Waals surface area contributed by atoms with Gasteiger partial charge in [-0.05, 0) is 62.2 Å². The summed E-state index contributed by atoms with van der Waals surface area (Å²) in [4.78, 5) is 16.8. The molecular formula is C26H22Cl2N2O3. The lowest BCUT2D eigenvalue weighted by Gasteiger charge is -2.13. The van der Waals surface area contributed by atoms with Gasteiger partial charge in [-0.1, -0.05) is 29.3 Å². The number of amides is 1. The Morgan fingerprint density at radius 1 is 1.12 bits per heavy atom. The first kappa shape index (κ1) is 22.9. The van der Waals surface area contributed by atoms with E-state index < -0.39 is 0 Å². The molecule has 168 valence electrons. The normalized spacial score (nSPS) is 11.6. The molecule has 0 spiro atoms. The Morgan fingerprint density at radius 2 is 1.91 bits per heavy atom. The van der Waals surface area contributed by atoms with E-state index in [9.17, 15) is 4.79 Å². The third kappa shape index (κ3) is 4.61. The topological polar surface area (TPSA) is 64.4 Å². The molecule has 4 rings (SSSR count). The molecule has 0 aliphatic heterocycles. The average molecular weight is 481 g/mol. The van der Waals surface area contributed by atoms with Gasteiger partial charge in [0, 0.05) is 44.9 Å². The molecule has 33 heavy (non-hydrogen) atoms. The highest BCUT2D eigenvalue weighted by Gasteiger charge is 2.20. The molecule has 0 saturated heterocycles. The maximum atomic E-state index is 12.7. The number of halogens is 2. The van der Waals surface area contributed by atoms with Gasteiger partial charge in [0.15, 0.2) is 0 Å². The second-order valence-corrected chi connectivity index (χ2v) is 8.61. The summed E-state index contributed by atoms with van der Waals surface area (Å²) in [7, 11) is 1.60. The summed E-state index contributed by atoms with van der Waals surface area (Å²) < 4.78 is 11.6. The Hall–Kier alpha value is -3.28. The summed E-state index contributed by atoms with van der Waals surface area (Å²) in [6.07, 6.45) is 4.86. The van der Waals surface area contributed by atoms with E-state index in [1.54, 1.807) is 31.7 Å². The minimum absolute atomic E-state index is 0.279. The van der Waals surface area contributed by atoms with Crippen LogP contribution in [0.4, 0.5) is 5.82 Å². The largest absolute Gasteiger partial charge is 0.496 e. The molecule has 2 heterocycles. The molecular weight excluding hydrogens is 459 g/mol. The zero-order valence-electron chi connectivity index (χ0n) is 18.6. The van der Waals surface area contributed by atoms with Crippen LogP contribution in [0.1, 0.15) is 23.6 Å². The predicted molar refractivity (Wildman–Crippen MR) is 134 cm³/mol. The second-order valence-electron chi connectivity index (χ2n) is 7.77. The molecule has 0 fully saturated rings. The van der Waals surface area contributed by atoms with Crippen molar-refractivity contribution in [3.8, 4) is 16.9 Å². The average Bonchev–Trinajstić information content (AvgIpc) is 3.17. The van der Waals surface area contributed by atoms with E-state index in [-0.39, 0.29) is 5.91 Å². The lowest BCUT2D eigenvalue weighted by molar-refractivity contribution is -0.111. The van der Waals surface area contributed by atoms with Crippen LogP contribution in [0.25, 0.3) is 27.7 Å². The number of allylic oxidation sites excluding steroid dienone is 1. The minimum Gasteiger partial charge on any atom is -0.496 e. The van der Waals surface area contributed by atoms with E-state index in [1.165, 1.54) is 6.08 Å². The van der Waals surface area contributed by atoms with Gasteiger partial charge >= 0.3 is 0 Å². The van der Waals surface area contributed by atoms with Gasteiger partial charge in [-0.2, -0.15) is 0 Å². The zero-order valence-corrected chi connectivity index (χ0v) is 20.1. The Labute approximate surface area is 202 Å². The number of hydrogen-bond acceptors (Lipinski definition) is 4. The number of fused-ring (bicyclic) bond motifs is 1. The lowest BCUT2D eigenvalue weighted by atomic mass is 9.96. The highest BCUT2D eigenvalue weighted by atomic mass is 35.5. The molecule has 4 aromatic rings. The van der Waals surface area contributed by atoms with Gasteiger partial charge in [-0.25, -0.2) is 4.98 Å². The highest BCUT2D eigenvalue weighted by Crippen LogP contribution is 2.42. The van der Waals surface area contributed by atoms with Crippen molar-refractivity contribution in [3.05, 3.63) is 81.7 Å². The van der Waals surface area contributed by atoms with Crippen LogP contribution >= 0.6 is 23.2 Å². The first-order chi connectivity index (χ1) is 15.8. The van der Waals surface area contributed by atoms with Crippen LogP contribution in [0.3, 0.4) is 0 Å². The van der Waals surface area contributed by atoms with E-state index >= 15 is 0 Å². The van der Waals surface area contributed by atoms with Crippen molar-refractivity contribution in [1.29, 1.82) is 0 Å². The Bertz CT molecular complexity index is 1410. The number of furan rings is 1. The number of aromatic nitrogens is 1. The number of carbonyl (C=O) groups excluding carboxylic acids is 1. The molecule has 0 saturated carbocycles. The van der Waals surface area contributed by atoms with Crippen molar-refractivity contribution in [3.63, 3.8) is 0 Å². The number of methoxy groups -OCH3 is 1. The molecule has 0 aliphatic carbocycles. The molecule has 0 radical (unpaired) electrons. The van der Waals surface area contributed by atoms with E-state index in [4.69, 9.17) is 32.4 Å². The van der Waals surface area contributed by atoms with Crippen LogP contribution in [0.2, 0.25) is 10.0 Å². The Balaban J connectivity index is 1.79. The summed E-state index contributed by atoms with van der Waals surface area (Å²) >= 11 is 12.5. The van der Waals surface area contributed by atoms with Gasteiger partial charge in [-0.15, -0.1) is 0 Å². The van der Waals surface area contributed by atoms with Crippen LogP contribution in [0.15, 0.2) is 59.4 Å². The molecule has 1 N–H and O–H groups in total. The molecule has 7 heteroatoms. The number of nitrogens with one attached hydrogen (secondary N) is 1. The summed E-state index contributed by atoms with van der Waals surface area (Å²) in [5.41, 5.74) is 5.68. The van der Waals surface area contributed by atoms with Gasteiger partial charge in [0.25, 0.3) is 0 Å². The number of hydrogen-bond donors (Lipinski definition) is 1. The molecule has 0 bridgehead atoms. The molecule has 2 aromatic heterocycles. The maximum absolute atomic E-state index is 12.7. The van der Waals surface area contributed by atoms with Crippen LogP contribution < -0.4 is 10.1 Å². The number of benzene rings is 2. The quantitative estimate of drug-likeness (QED) is 0.301. The van der Waals surface area contributed by atoms with E-state index in [2.05, 4.69) is 10.3 Å². The standard InChI is InChI=1S/C26H22Cl2N2O3/c1-14-7-8-29-23(9-14)30-24(31)10-15(2)19-12-20-21(18-6-5-17(27)11-22(18)28)13-33-26(20)16(3)25(19)32-4/h5-13H,1-4H3,(H,29,30,31)/b15-10+.